The molecular weight excluding hydrogens is 373 g/mol. The maximum absolute atomic E-state index is 13.7. The largest absolute Gasteiger partial charge is 0.506 e. The summed E-state index contributed by atoms with van der Waals surface area (Å²) in [5.41, 5.74) is -0.0864. The quantitative estimate of drug-likeness (QED) is 0.797. The summed E-state index contributed by atoms with van der Waals surface area (Å²) in [4.78, 5) is -0.518. The van der Waals surface area contributed by atoms with E-state index >= 15 is 0 Å². The van der Waals surface area contributed by atoms with Gasteiger partial charge in [0.15, 0.2) is 0 Å². The monoisotopic (exact) mass is 379 g/mol. The first kappa shape index (κ1) is 15.1. The molecule has 0 unspecified atom stereocenters. The SMILES string of the molecule is O=S(=O)(Nc1ccc(Cl)cc1O)c1ccc(Br)cc1F. The van der Waals surface area contributed by atoms with Gasteiger partial charge in [0.2, 0.25) is 0 Å². The molecule has 0 heterocycles. The maximum atomic E-state index is 13.7. The molecule has 0 aliphatic carbocycles. The summed E-state index contributed by atoms with van der Waals surface area (Å²) in [5, 5.41) is 9.85. The summed E-state index contributed by atoms with van der Waals surface area (Å²) in [6.45, 7) is 0. The number of benzene rings is 2. The lowest BCUT2D eigenvalue weighted by Gasteiger charge is -2.10. The van der Waals surface area contributed by atoms with Crippen molar-refractivity contribution < 1.29 is 17.9 Å². The lowest BCUT2D eigenvalue weighted by molar-refractivity contribution is 0.477. The van der Waals surface area contributed by atoms with Crippen LogP contribution in [0.4, 0.5) is 10.1 Å². The van der Waals surface area contributed by atoms with Gasteiger partial charge in [-0.25, -0.2) is 12.8 Å². The van der Waals surface area contributed by atoms with Gasteiger partial charge in [-0.2, -0.15) is 0 Å². The van der Waals surface area contributed by atoms with Gasteiger partial charge >= 0.3 is 0 Å². The number of hydrogen-bond acceptors (Lipinski definition) is 3. The fourth-order valence-corrected chi connectivity index (χ4v) is 3.12. The van der Waals surface area contributed by atoms with E-state index in [1.165, 1.54) is 24.3 Å². The van der Waals surface area contributed by atoms with Crippen LogP contribution in [-0.4, -0.2) is 13.5 Å². The Morgan fingerprint density at radius 2 is 1.90 bits per heavy atom. The zero-order valence-corrected chi connectivity index (χ0v) is 12.9. The second kappa shape index (κ2) is 5.59. The molecule has 0 aliphatic rings. The van der Waals surface area contributed by atoms with Crippen LogP contribution in [0.2, 0.25) is 5.02 Å². The third-order valence-corrected chi connectivity index (χ3v) is 4.51. The normalized spacial score (nSPS) is 11.3. The van der Waals surface area contributed by atoms with Crippen molar-refractivity contribution in [2.75, 3.05) is 4.72 Å². The van der Waals surface area contributed by atoms with Crippen LogP contribution in [0.25, 0.3) is 0 Å². The average molecular weight is 381 g/mol. The molecule has 8 heteroatoms. The number of sulfonamides is 1. The van der Waals surface area contributed by atoms with Gasteiger partial charge in [-0.3, -0.25) is 4.72 Å². The van der Waals surface area contributed by atoms with E-state index in [2.05, 4.69) is 20.7 Å². The van der Waals surface area contributed by atoms with E-state index in [4.69, 9.17) is 11.6 Å². The number of halogens is 3. The minimum atomic E-state index is -4.15. The van der Waals surface area contributed by atoms with Gasteiger partial charge in [0.1, 0.15) is 16.5 Å². The van der Waals surface area contributed by atoms with E-state index in [-0.39, 0.29) is 16.5 Å². The highest BCUT2D eigenvalue weighted by Crippen LogP contribution is 2.29. The van der Waals surface area contributed by atoms with Crippen molar-refractivity contribution in [3.8, 4) is 5.75 Å². The van der Waals surface area contributed by atoms with E-state index in [1.807, 2.05) is 0 Å². The molecule has 0 amide bonds. The van der Waals surface area contributed by atoms with Crippen molar-refractivity contribution in [3.63, 3.8) is 0 Å². The Morgan fingerprint density at radius 3 is 2.50 bits per heavy atom. The smallest absolute Gasteiger partial charge is 0.264 e. The first-order valence-electron chi connectivity index (χ1n) is 5.26. The van der Waals surface area contributed by atoms with E-state index in [1.54, 1.807) is 0 Å². The van der Waals surface area contributed by atoms with Gasteiger partial charge in [0, 0.05) is 15.6 Å². The molecule has 0 aromatic heterocycles. The number of rotatable bonds is 3. The van der Waals surface area contributed by atoms with Crippen LogP contribution in [0.3, 0.4) is 0 Å². The van der Waals surface area contributed by atoms with E-state index in [0.29, 0.717) is 4.47 Å². The molecule has 0 saturated carbocycles. The lowest BCUT2D eigenvalue weighted by atomic mass is 10.3. The van der Waals surface area contributed by atoms with Crippen molar-refractivity contribution in [1.82, 2.24) is 0 Å². The van der Waals surface area contributed by atoms with Gasteiger partial charge in [-0.1, -0.05) is 27.5 Å². The minimum absolute atomic E-state index is 0.0864. The highest BCUT2D eigenvalue weighted by molar-refractivity contribution is 9.10. The highest BCUT2D eigenvalue weighted by atomic mass is 79.9. The first-order valence-corrected chi connectivity index (χ1v) is 7.91. The zero-order valence-electron chi connectivity index (χ0n) is 9.77. The van der Waals surface area contributed by atoms with Gasteiger partial charge in [-0.15, -0.1) is 0 Å². The van der Waals surface area contributed by atoms with E-state index < -0.39 is 20.7 Å². The summed E-state index contributed by atoms with van der Waals surface area (Å²) < 4.78 is 40.3. The van der Waals surface area contributed by atoms with Crippen molar-refractivity contribution in [2.24, 2.45) is 0 Å². The van der Waals surface area contributed by atoms with E-state index in [9.17, 15) is 17.9 Å². The van der Waals surface area contributed by atoms with Crippen LogP contribution in [0, 0.1) is 5.82 Å². The second-order valence-electron chi connectivity index (χ2n) is 3.84. The fraction of sp³-hybridized carbons (Fsp3) is 0. The molecule has 0 fully saturated rings. The van der Waals surface area contributed by atoms with Gasteiger partial charge < -0.3 is 5.11 Å². The van der Waals surface area contributed by atoms with Crippen molar-refractivity contribution in [1.29, 1.82) is 0 Å². The molecular formula is C12H8BrClFNO3S. The van der Waals surface area contributed by atoms with Crippen molar-refractivity contribution in [2.45, 2.75) is 4.90 Å². The van der Waals surface area contributed by atoms with Crippen molar-refractivity contribution >= 4 is 43.2 Å². The van der Waals surface area contributed by atoms with Crippen LogP contribution in [0.5, 0.6) is 5.75 Å². The third kappa shape index (κ3) is 3.23. The van der Waals surface area contributed by atoms with Crippen molar-refractivity contribution in [3.05, 3.63) is 51.7 Å². The molecule has 0 spiro atoms. The van der Waals surface area contributed by atoms with Crippen LogP contribution < -0.4 is 4.72 Å². The Morgan fingerprint density at radius 1 is 1.20 bits per heavy atom. The molecule has 106 valence electrons. The lowest BCUT2D eigenvalue weighted by Crippen LogP contribution is -2.14. The topological polar surface area (TPSA) is 66.4 Å². The number of nitrogens with one attached hydrogen (secondary N) is 1. The minimum Gasteiger partial charge on any atom is -0.506 e. The second-order valence-corrected chi connectivity index (χ2v) is 6.84. The summed E-state index contributed by atoms with van der Waals surface area (Å²) in [7, 11) is -4.15. The Bertz CT molecular complexity index is 767. The predicted octanol–water partition coefficient (Wildman–Crippen LogP) is 3.75. The number of hydrogen-bond donors (Lipinski definition) is 2. The van der Waals surface area contributed by atoms with Gasteiger partial charge in [0.25, 0.3) is 10.0 Å². The molecule has 0 atom stereocenters. The maximum Gasteiger partial charge on any atom is 0.264 e. The summed E-state index contributed by atoms with van der Waals surface area (Å²) >= 11 is 8.68. The summed E-state index contributed by atoms with van der Waals surface area (Å²) in [6, 6.07) is 7.42. The highest BCUT2D eigenvalue weighted by Gasteiger charge is 2.20. The molecule has 0 saturated heterocycles. The molecule has 20 heavy (non-hydrogen) atoms. The molecule has 2 rings (SSSR count). The standard InChI is InChI=1S/C12H8BrClFNO3S/c13-7-1-4-12(9(15)5-7)20(18,19)16-10-3-2-8(14)6-11(10)17/h1-6,16-17H. The molecule has 0 radical (unpaired) electrons. The van der Waals surface area contributed by atoms with Gasteiger partial charge in [-0.05, 0) is 30.3 Å². The average Bonchev–Trinajstić information content (AvgIpc) is 2.32. The van der Waals surface area contributed by atoms with Gasteiger partial charge in [0.05, 0.1) is 5.69 Å². The summed E-state index contributed by atoms with van der Waals surface area (Å²) in [5.74, 6) is -1.25. The number of anilines is 1. The molecule has 4 nitrogen and oxygen atoms in total. The fourth-order valence-electron chi connectivity index (χ4n) is 1.48. The van der Waals surface area contributed by atoms with Crippen LogP contribution >= 0.6 is 27.5 Å². The van der Waals surface area contributed by atoms with E-state index in [0.717, 1.165) is 12.1 Å². The molecule has 2 aromatic carbocycles. The number of aromatic hydroxyl groups is 1. The molecule has 2 N–H and O–H groups in total. The third-order valence-electron chi connectivity index (χ3n) is 2.39. The molecule has 0 aliphatic heterocycles. The van der Waals surface area contributed by atoms with Crippen LogP contribution in [-0.2, 0) is 10.0 Å². The number of phenols is 1. The summed E-state index contributed by atoms with van der Waals surface area (Å²) in [6.07, 6.45) is 0. The Hall–Kier alpha value is -1.31. The number of phenolic OH excluding ortho intramolecular Hbond substituents is 1. The first-order chi connectivity index (χ1) is 9.29. The zero-order chi connectivity index (χ0) is 14.9. The molecule has 0 bridgehead atoms. The van der Waals surface area contributed by atoms with Crippen LogP contribution in [0.15, 0.2) is 45.8 Å². The molecule has 2 aromatic rings. The predicted molar refractivity (Wildman–Crippen MR) is 78.0 cm³/mol. The van der Waals surface area contributed by atoms with Crippen LogP contribution in [0.1, 0.15) is 0 Å². The Labute approximate surface area is 128 Å². The Balaban J connectivity index is 2.41. The Kier molecular flexibility index (Phi) is 4.22.